The standard InChI is InChI=1S/C17H36O4S/c1-3-5-7-8-9-14-17(22(19,20)21)15-11-10-13-16(18)12-6-4-2/h16-18H,3-15H2,1-2H3,(H,19,20,21). The van der Waals surface area contributed by atoms with Gasteiger partial charge in [-0.05, 0) is 25.7 Å². The van der Waals surface area contributed by atoms with Crippen LogP contribution >= 0.6 is 0 Å². The minimum atomic E-state index is -3.94. The minimum Gasteiger partial charge on any atom is -0.393 e. The van der Waals surface area contributed by atoms with E-state index in [1.807, 2.05) is 0 Å². The second-order valence-electron chi connectivity index (χ2n) is 6.42. The van der Waals surface area contributed by atoms with Gasteiger partial charge < -0.3 is 5.11 Å². The molecular weight excluding hydrogens is 300 g/mol. The van der Waals surface area contributed by atoms with Crippen molar-refractivity contribution in [2.75, 3.05) is 0 Å². The van der Waals surface area contributed by atoms with Crippen LogP contribution in [0.15, 0.2) is 0 Å². The molecule has 0 aliphatic heterocycles. The van der Waals surface area contributed by atoms with Crippen molar-refractivity contribution in [3.8, 4) is 0 Å². The molecule has 0 spiro atoms. The number of aliphatic hydroxyl groups excluding tert-OH is 1. The molecule has 134 valence electrons. The molecule has 0 aromatic rings. The summed E-state index contributed by atoms with van der Waals surface area (Å²) >= 11 is 0. The molecule has 2 unspecified atom stereocenters. The highest BCUT2D eigenvalue weighted by Crippen LogP contribution is 2.19. The predicted octanol–water partition coefficient (Wildman–Crippen LogP) is 4.71. The number of hydrogen-bond donors (Lipinski definition) is 2. The SMILES string of the molecule is CCCCCCCC(CCCCC(O)CCCC)S(=O)(=O)O. The van der Waals surface area contributed by atoms with Crippen LogP contribution < -0.4 is 0 Å². The van der Waals surface area contributed by atoms with E-state index in [-0.39, 0.29) is 6.10 Å². The van der Waals surface area contributed by atoms with Crippen LogP contribution in [0, 0.1) is 0 Å². The first kappa shape index (κ1) is 21.9. The Balaban J connectivity index is 3.91. The van der Waals surface area contributed by atoms with Crippen molar-refractivity contribution in [2.24, 2.45) is 0 Å². The van der Waals surface area contributed by atoms with Gasteiger partial charge in [0.05, 0.1) is 11.4 Å². The van der Waals surface area contributed by atoms with Crippen LogP contribution in [0.25, 0.3) is 0 Å². The summed E-state index contributed by atoms with van der Waals surface area (Å²) in [6, 6.07) is 0. The zero-order valence-corrected chi connectivity index (χ0v) is 15.3. The summed E-state index contributed by atoms with van der Waals surface area (Å²) in [4.78, 5) is 0. The van der Waals surface area contributed by atoms with Crippen LogP contribution in [0.5, 0.6) is 0 Å². The van der Waals surface area contributed by atoms with E-state index in [1.54, 1.807) is 0 Å². The van der Waals surface area contributed by atoms with Gasteiger partial charge in [0, 0.05) is 0 Å². The Labute approximate surface area is 137 Å². The molecule has 0 aromatic heterocycles. The summed E-state index contributed by atoms with van der Waals surface area (Å²) in [6.45, 7) is 4.25. The molecule has 0 heterocycles. The molecule has 0 aliphatic rings. The molecule has 0 aliphatic carbocycles. The molecule has 0 fully saturated rings. The summed E-state index contributed by atoms with van der Waals surface area (Å²) in [5, 5.41) is 9.14. The quantitative estimate of drug-likeness (QED) is 0.335. The minimum absolute atomic E-state index is 0.266. The fourth-order valence-electron chi connectivity index (χ4n) is 2.75. The third-order valence-electron chi connectivity index (χ3n) is 4.26. The number of rotatable bonds is 15. The predicted molar refractivity (Wildman–Crippen MR) is 92.7 cm³/mol. The third kappa shape index (κ3) is 12.4. The Morgan fingerprint density at radius 1 is 0.727 bits per heavy atom. The molecule has 0 aromatic carbocycles. The van der Waals surface area contributed by atoms with E-state index in [9.17, 15) is 18.1 Å². The maximum absolute atomic E-state index is 11.4. The first-order chi connectivity index (χ1) is 10.4. The molecule has 0 saturated heterocycles. The summed E-state index contributed by atoms with van der Waals surface area (Å²) in [6.07, 6.45) is 11.4. The molecule has 2 atom stereocenters. The van der Waals surface area contributed by atoms with Crippen LogP contribution in [0.2, 0.25) is 0 Å². The lowest BCUT2D eigenvalue weighted by atomic mass is 10.0. The zero-order valence-electron chi connectivity index (χ0n) is 14.5. The molecule has 0 saturated carbocycles. The van der Waals surface area contributed by atoms with E-state index >= 15 is 0 Å². The smallest absolute Gasteiger partial charge is 0.267 e. The molecule has 4 nitrogen and oxygen atoms in total. The molecule has 0 radical (unpaired) electrons. The van der Waals surface area contributed by atoms with E-state index in [0.29, 0.717) is 12.8 Å². The van der Waals surface area contributed by atoms with Crippen LogP contribution in [0.3, 0.4) is 0 Å². The Morgan fingerprint density at radius 3 is 1.73 bits per heavy atom. The van der Waals surface area contributed by atoms with Gasteiger partial charge in [-0.3, -0.25) is 4.55 Å². The van der Waals surface area contributed by atoms with E-state index in [1.165, 1.54) is 12.8 Å². The first-order valence-electron chi connectivity index (χ1n) is 9.06. The maximum Gasteiger partial charge on any atom is 0.267 e. The third-order valence-corrected chi connectivity index (χ3v) is 5.57. The summed E-state index contributed by atoms with van der Waals surface area (Å²) in [5.41, 5.74) is 0. The van der Waals surface area contributed by atoms with Gasteiger partial charge in [-0.15, -0.1) is 0 Å². The fourth-order valence-corrected chi connectivity index (χ4v) is 3.68. The van der Waals surface area contributed by atoms with Gasteiger partial charge in [0.1, 0.15) is 0 Å². The highest BCUT2D eigenvalue weighted by Gasteiger charge is 2.21. The normalized spacial score (nSPS) is 14.9. The van der Waals surface area contributed by atoms with E-state index in [4.69, 9.17) is 0 Å². The average molecular weight is 337 g/mol. The molecule has 0 bridgehead atoms. The van der Waals surface area contributed by atoms with E-state index in [0.717, 1.165) is 57.8 Å². The van der Waals surface area contributed by atoms with Crippen molar-refractivity contribution in [1.82, 2.24) is 0 Å². The Kier molecular flexibility index (Phi) is 13.2. The Hall–Kier alpha value is -0.130. The monoisotopic (exact) mass is 336 g/mol. The van der Waals surface area contributed by atoms with Crippen LogP contribution in [0.4, 0.5) is 0 Å². The van der Waals surface area contributed by atoms with Crippen molar-refractivity contribution in [2.45, 2.75) is 109 Å². The summed E-state index contributed by atoms with van der Waals surface area (Å²) in [5.74, 6) is 0. The van der Waals surface area contributed by atoms with Crippen LogP contribution in [0.1, 0.15) is 97.3 Å². The highest BCUT2D eigenvalue weighted by atomic mass is 32.2. The number of unbranched alkanes of at least 4 members (excludes halogenated alkanes) is 6. The second kappa shape index (κ2) is 13.3. The van der Waals surface area contributed by atoms with Crippen molar-refractivity contribution in [3.63, 3.8) is 0 Å². The van der Waals surface area contributed by atoms with Crippen molar-refractivity contribution >= 4 is 10.1 Å². The summed E-state index contributed by atoms with van der Waals surface area (Å²) in [7, 11) is -3.94. The lowest BCUT2D eigenvalue weighted by Crippen LogP contribution is -2.20. The fraction of sp³-hybridized carbons (Fsp3) is 1.00. The largest absolute Gasteiger partial charge is 0.393 e. The van der Waals surface area contributed by atoms with Crippen molar-refractivity contribution in [3.05, 3.63) is 0 Å². The van der Waals surface area contributed by atoms with Crippen molar-refractivity contribution in [1.29, 1.82) is 0 Å². The van der Waals surface area contributed by atoms with E-state index < -0.39 is 15.4 Å². The van der Waals surface area contributed by atoms with Crippen molar-refractivity contribution < 1.29 is 18.1 Å². The maximum atomic E-state index is 11.4. The van der Waals surface area contributed by atoms with Crippen LogP contribution in [-0.2, 0) is 10.1 Å². The number of aliphatic hydroxyl groups is 1. The van der Waals surface area contributed by atoms with Gasteiger partial charge in [-0.25, -0.2) is 0 Å². The lowest BCUT2D eigenvalue weighted by Gasteiger charge is -2.14. The molecule has 5 heteroatoms. The lowest BCUT2D eigenvalue weighted by molar-refractivity contribution is 0.148. The summed E-state index contributed by atoms with van der Waals surface area (Å²) < 4.78 is 32.2. The molecule has 22 heavy (non-hydrogen) atoms. The van der Waals surface area contributed by atoms with Gasteiger partial charge in [0.2, 0.25) is 0 Å². The molecule has 0 amide bonds. The molecule has 2 N–H and O–H groups in total. The number of hydrogen-bond acceptors (Lipinski definition) is 3. The van der Waals surface area contributed by atoms with Gasteiger partial charge in [0.15, 0.2) is 0 Å². The van der Waals surface area contributed by atoms with Gasteiger partial charge in [-0.1, -0.05) is 71.6 Å². The van der Waals surface area contributed by atoms with Gasteiger partial charge in [-0.2, -0.15) is 8.42 Å². The molecular formula is C17H36O4S. The Morgan fingerprint density at radius 2 is 1.18 bits per heavy atom. The second-order valence-corrected chi connectivity index (χ2v) is 8.12. The Bertz CT molecular complexity index is 341. The topological polar surface area (TPSA) is 74.6 Å². The van der Waals surface area contributed by atoms with Gasteiger partial charge >= 0.3 is 0 Å². The molecule has 0 rings (SSSR count). The zero-order chi connectivity index (χ0) is 16.8. The average Bonchev–Trinajstić information content (AvgIpc) is 2.45. The van der Waals surface area contributed by atoms with Crippen LogP contribution in [-0.4, -0.2) is 29.4 Å². The van der Waals surface area contributed by atoms with E-state index in [2.05, 4.69) is 13.8 Å². The first-order valence-corrected chi connectivity index (χ1v) is 10.6. The van der Waals surface area contributed by atoms with Gasteiger partial charge in [0.25, 0.3) is 10.1 Å². The highest BCUT2D eigenvalue weighted by molar-refractivity contribution is 7.86.